The van der Waals surface area contributed by atoms with E-state index in [0.29, 0.717) is 31.1 Å². The second-order valence-electron chi connectivity index (χ2n) is 8.72. The molecule has 3 atom stereocenters. The number of carbonyl (C=O) groups is 3. The third kappa shape index (κ3) is 2.69. The molecular formula is C18H26N2O4. The van der Waals surface area contributed by atoms with Gasteiger partial charge in [-0.05, 0) is 75.2 Å². The van der Waals surface area contributed by atoms with Gasteiger partial charge in [-0.2, -0.15) is 0 Å². The Morgan fingerprint density at radius 2 is 1.92 bits per heavy atom. The molecule has 5 rings (SSSR count). The van der Waals surface area contributed by atoms with Crippen molar-refractivity contribution in [3.8, 4) is 0 Å². The molecule has 24 heavy (non-hydrogen) atoms. The van der Waals surface area contributed by atoms with Gasteiger partial charge >= 0.3 is 0 Å². The molecule has 0 aromatic heterocycles. The summed E-state index contributed by atoms with van der Waals surface area (Å²) in [5.74, 6) is 0.159. The van der Waals surface area contributed by atoms with Gasteiger partial charge in [-0.15, -0.1) is 0 Å². The first-order valence-corrected chi connectivity index (χ1v) is 9.19. The third-order valence-corrected chi connectivity index (χ3v) is 6.65. The van der Waals surface area contributed by atoms with Crippen LogP contribution in [0.25, 0.3) is 0 Å². The van der Waals surface area contributed by atoms with Gasteiger partial charge in [0.05, 0.1) is 11.6 Å². The number of carbonyl (C=O) groups excluding carboxylic acids is 3. The van der Waals surface area contributed by atoms with E-state index in [1.54, 1.807) is 0 Å². The van der Waals surface area contributed by atoms with Crippen LogP contribution in [0, 0.1) is 17.3 Å². The van der Waals surface area contributed by atoms with E-state index in [-0.39, 0.29) is 11.8 Å². The summed E-state index contributed by atoms with van der Waals surface area (Å²) >= 11 is 0. The lowest BCUT2D eigenvalue weighted by atomic mass is 9.47. The molecule has 1 heterocycles. The Kier molecular flexibility index (Phi) is 3.80. The highest BCUT2D eigenvalue weighted by Gasteiger charge is 2.57. The average Bonchev–Trinajstić information content (AvgIpc) is 2.98. The van der Waals surface area contributed by atoms with E-state index in [1.165, 1.54) is 0 Å². The highest BCUT2D eigenvalue weighted by molar-refractivity contribution is 6.06. The molecule has 0 aromatic carbocycles. The molecule has 4 aliphatic carbocycles. The first kappa shape index (κ1) is 16.2. The number of rotatable bonds is 4. The Labute approximate surface area is 142 Å². The van der Waals surface area contributed by atoms with Crippen molar-refractivity contribution in [3.63, 3.8) is 0 Å². The number of amides is 3. The fraction of sp³-hybridized carbons (Fsp3) is 0.833. The minimum absolute atomic E-state index is 0.208. The monoisotopic (exact) mass is 334 g/mol. The van der Waals surface area contributed by atoms with Crippen molar-refractivity contribution in [2.24, 2.45) is 17.3 Å². The number of imide groups is 3. The Hall–Kier alpha value is -1.27. The minimum Gasteiger partial charge on any atom is -0.390 e. The molecule has 4 saturated carbocycles. The number of hydrogen-bond acceptors (Lipinski definition) is 5. The van der Waals surface area contributed by atoms with Crippen molar-refractivity contribution < 1.29 is 19.5 Å². The summed E-state index contributed by atoms with van der Waals surface area (Å²) in [4.78, 5) is 37.3. The zero-order valence-corrected chi connectivity index (χ0v) is 14.0. The fourth-order valence-electron chi connectivity index (χ4n) is 6.31. The Balaban J connectivity index is 1.48. The lowest BCUT2D eigenvalue weighted by molar-refractivity contribution is -0.173. The van der Waals surface area contributed by atoms with Crippen LogP contribution in [0.15, 0.2) is 0 Å². The van der Waals surface area contributed by atoms with Crippen LogP contribution in [0.2, 0.25) is 0 Å². The van der Waals surface area contributed by atoms with E-state index in [9.17, 15) is 19.5 Å². The van der Waals surface area contributed by atoms with E-state index < -0.39 is 23.5 Å². The maximum atomic E-state index is 12.7. The summed E-state index contributed by atoms with van der Waals surface area (Å²) in [6.07, 6.45) is 7.52. The van der Waals surface area contributed by atoms with Crippen molar-refractivity contribution in [1.82, 2.24) is 10.2 Å². The largest absolute Gasteiger partial charge is 0.390 e. The number of nitrogens with one attached hydrogen (secondary N) is 1. The lowest BCUT2D eigenvalue weighted by Crippen LogP contribution is -2.57. The van der Waals surface area contributed by atoms with Crippen molar-refractivity contribution >= 4 is 18.2 Å². The number of nitrogens with zero attached hydrogens (tertiary/aromatic N) is 1. The van der Waals surface area contributed by atoms with Crippen LogP contribution in [0.4, 0.5) is 0 Å². The molecule has 0 radical (unpaired) electrons. The standard InChI is InChI=1S/C18H26N2O4/c21-11-20(16(23)14-2-1-3-19-14)15(22)9-17-5-12-4-13(6-17)8-18(24,7-12)10-17/h11-14,19,24H,1-10H2. The summed E-state index contributed by atoms with van der Waals surface area (Å²) in [7, 11) is 0. The molecule has 6 heteroatoms. The molecule has 0 aromatic rings. The van der Waals surface area contributed by atoms with Gasteiger partial charge in [-0.1, -0.05) is 0 Å². The predicted octanol–water partition coefficient (Wildman–Crippen LogP) is 0.971. The summed E-state index contributed by atoms with van der Waals surface area (Å²) in [5, 5.41) is 13.8. The smallest absolute Gasteiger partial charge is 0.252 e. The number of hydrogen-bond donors (Lipinski definition) is 2. The normalized spacial score (nSPS) is 43.0. The van der Waals surface area contributed by atoms with Crippen LogP contribution >= 0.6 is 0 Å². The second-order valence-corrected chi connectivity index (χ2v) is 8.72. The average molecular weight is 334 g/mol. The SMILES string of the molecule is O=CN(C(=O)CC12CC3CC(CC(O)(C3)C1)C2)C(=O)C1CCCN1. The van der Waals surface area contributed by atoms with Gasteiger partial charge < -0.3 is 10.4 Å². The summed E-state index contributed by atoms with van der Waals surface area (Å²) in [6.45, 7) is 0.748. The van der Waals surface area contributed by atoms with E-state index in [0.717, 1.165) is 50.0 Å². The van der Waals surface area contributed by atoms with Crippen LogP contribution in [-0.2, 0) is 14.4 Å². The van der Waals surface area contributed by atoms with Gasteiger partial charge in [0.15, 0.2) is 0 Å². The van der Waals surface area contributed by atoms with Crippen LogP contribution in [0.3, 0.4) is 0 Å². The zero-order valence-electron chi connectivity index (χ0n) is 14.0. The van der Waals surface area contributed by atoms with Gasteiger partial charge in [0.2, 0.25) is 12.3 Å². The van der Waals surface area contributed by atoms with Gasteiger partial charge in [0.25, 0.3) is 5.91 Å². The van der Waals surface area contributed by atoms with Crippen LogP contribution in [0.5, 0.6) is 0 Å². The molecule has 4 bridgehead atoms. The van der Waals surface area contributed by atoms with Crippen LogP contribution in [-0.4, -0.2) is 46.4 Å². The Morgan fingerprint density at radius 3 is 2.46 bits per heavy atom. The minimum atomic E-state index is -0.632. The molecular weight excluding hydrogens is 308 g/mol. The van der Waals surface area contributed by atoms with Crippen LogP contribution in [0.1, 0.15) is 57.8 Å². The zero-order chi connectivity index (χ0) is 16.9. The van der Waals surface area contributed by atoms with Gasteiger partial charge in [0.1, 0.15) is 0 Å². The molecule has 132 valence electrons. The maximum Gasteiger partial charge on any atom is 0.252 e. The van der Waals surface area contributed by atoms with Gasteiger partial charge in [0, 0.05) is 6.42 Å². The molecule has 5 fully saturated rings. The van der Waals surface area contributed by atoms with Crippen molar-refractivity contribution in [2.75, 3.05) is 6.54 Å². The first-order chi connectivity index (χ1) is 11.4. The van der Waals surface area contributed by atoms with Gasteiger partial charge in [-0.25, -0.2) is 4.90 Å². The summed E-state index contributed by atoms with van der Waals surface area (Å²) in [6, 6.07) is -0.417. The Morgan fingerprint density at radius 1 is 1.21 bits per heavy atom. The second kappa shape index (κ2) is 5.63. The van der Waals surface area contributed by atoms with E-state index in [1.807, 2.05) is 0 Å². The predicted molar refractivity (Wildman–Crippen MR) is 85.6 cm³/mol. The van der Waals surface area contributed by atoms with E-state index in [4.69, 9.17) is 0 Å². The summed E-state index contributed by atoms with van der Waals surface area (Å²) in [5.41, 5.74) is -0.853. The molecule has 1 aliphatic heterocycles. The molecule has 6 nitrogen and oxygen atoms in total. The molecule has 5 aliphatic rings. The van der Waals surface area contributed by atoms with E-state index in [2.05, 4.69) is 5.32 Å². The lowest BCUT2D eigenvalue weighted by Gasteiger charge is -2.60. The quantitative estimate of drug-likeness (QED) is 0.748. The highest BCUT2D eigenvalue weighted by atomic mass is 16.3. The first-order valence-electron chi connectivity index (χ1n) is 9.19. The third-order valence-electron chi connectivity index (χ3n) is 6.65. The van der Waals surface area contributed by atoms with Gasteiger partial charge in [-0.3, -0.25) is 14.4 Å². The molecule has 2 N–H and O–H groups in total. The van der Waals surface area contributed by atoms with E-state index >= 15 is 0 Å². The summed E-state index contributed by atoms with van der Waals surface area (Å²) < 4.78 is 0. The molecule has 1 saturated heterocycles. The number of aliphatic hydroxyl groups is 1. The Bertz CT molecular complexity index is 555. The van der Waals surface area contributed by atoms with Crippen molar-refractivity contribution in [2.45, 2.75) is 69.4 Å². The highest BCUT2D eigenvalue weighted by Crippen LogP contribution is 2.62. The fourth-order valence-corrected chi connectivity index (χ4v) is 6.31. The van der Waals surface area contributed by atoms with Crippen molar-refractivity contribution in [3.05, 3.63) is 0 Å². The van der Waals surface area contributed by atoms with Crippen molar-refractivity contribution in [1.29, 1.82) is 0 Å². The van der Waals surface area contributed by atoms with Crippen LogP contribution < -0.4 is 5.32 Å². The molecule has 0 spiro atoms. The molecule has 3 unspecified atom stereocenters. The topological polar surface area (TPSA) is 86.7 Å². The molecule has 3 amide bonds. The maximum absolute atomic E-state index is 12.7.